The van der Waals surface area contributed by atoms with Crippen LogP contribution in [0.15, 0.2) is 4.99 Å². The van der Waals surface area contributed by atoms with Gasteiger partial charge < -0.3 is 15.4 Å². The van der Waals surface area contributed by atoms with E-state index in [-0.39, 0.29) is 24.0 Å². The Labute approximate surface area is 165 Å². The Bertz CT molecular complexity index is 374. The molecule has 5 nitrogen and oxygen atoms in total. The van der Waals surface area contributed by atoms with Gasteiger partial charge in [-0.05, 0) is 51.9 Å². The molecule has 1 aliphatic carbocycles. The number of nitrogens with zero attached hydrogens (tertiary/aromatic N) is 2. The first-order valence-electron chi connectivity index (χ1n) is 9.46. The fourth-order valence-electron chi connectivity index (χ4n) is 3.00. The highest BCUT2D eigenvalue weighted by atomic mass is 127. The van der Waals surface area contributed by atoms with Gasteiger partial charge in [0, 0.05) is 51.5 Å². The molecule has 2 unspecified atom stereocenters. The smallest absolute Gasteiger partial charge is 0.191 e. The second kappa shape index (κ2) is 11.5. The van der Waals surface area contributed by atoms with Crippen LogP contribution in [0, 0.1) is 11.8 Å². The van der Waals surface area contributed by atoms with Gasteiger partial charge in [0.05, 0.1) is 0 Å². The molecule has 24 heavy (non-hydrogen) atoms. The van der Waals surface area contributed by atoms with Crippen molar-refractivity contribution in [1.29, 1.82) is 0 Å². The number of likely N-dealkylation sites (tertiary alicyclic amines) is 1. The molecule has 2 rings (SSSR count). The molecular weight excluding hydrogens is 415 g/mol. The van der Waals surface area contributed by atoms with E-state index in [4.69, 9.17) is 9.73 Å². The van der Waals surface area contributed by atoms with Crippen LogP contribution in [0.3, 0.4) is 0 Å². The van der Waals surface area contributed by atoms with Crippen LogP contribution < -0.4 is 10.6 Å². The molecule has 1 heterocycles. The van der Waals surface area contributed by atoms with Crippen LogP contribution in [0.2, 0.25) is 0 Å². The Hall–Kier alpha value is -0.0800. The summed E-state index contributed by atoms with van der Waals surface area (Å²) in [5.41, 5.74) is 0. The number of hydrogen-bond acceptors (Lipinski definition) is 3. The van der Waals surface area contributed by atoms with Crippen LogP contribution >= 0.6 is 24.0 Å². The number of ether oxygens (including phenoxy) is 1. The van der Waals surface area contributed by atoms with E-state index < -0.39 is 0 Å². The summed E-state index contributed by atoms with van der Waals surface area (Å²) in [6.45, 7) is 14.8. The van der Waals surface area contributed by atoms with E-state index in [1.807, 2.05) is 0 Å². The third-order valence-electron chi connectivity index (χ3n) is 4.80. The van der Waals surface area contributed by atoms with Crippen molar-refractivity contribution in [3.05, 3.63) is 0 Å². The molecule has 2 atom stereocenters. The molecule has 1 aliphatic heterocycles. The Morgan fingerprint density at radius 3 is 2.62 bits per heavy atom. The Morgan fingerprint density at radius 2 is 2.04 bits per heavy atom. The summed E-state index contributed by atoms with van der Waals surface area (Å²) >= 11 is 0. The summed E-state index contributed by atoms with van der Waals surface area (Å²) in [7, 11) is 0. The second-order valence-electron chi connectivity index (χ2n) is 7.41. The van der Waals surface area contributed by atoms with Gasteiger partial charge in [0.1, 0.15) is 0 Å². The molecule has 0 aromatic heterocycles. The van der Waals surface area contributed by atoms with Crippen molar-refractivity contribution in [2.75, 3.05) is 39.4 Å². The molecule has 142 valence electrons. The fraction of sp³-hybridized carbons (Fsp3) is 0.944. The van der Waals surface area contributed by atoms with Gasteiger partial charge in [0.15, 0.2) is 5.96 Å². The molecule has 2 aliphatic rings. The van der Waals surface area contributed by atoms with E-state index in [1.54, 1.807) is 0 Å². The van der Waals surface area contributed by atoms with Crippen molar-refractivity contribution in [2.45, 2.75) is 59.0 Å². The third-order valence-corrected chi connectivity index (χ3v) is 4.80. The highest BCUT2D eigenvalue weighted by molar-refractivity contribution is 14.0. The van der Waals surface area contributed by atoms with Gasteiger partial charge in [-0.2, -0.15) is 0 Å². The SMILES string of the molecule is CCNC(=NCCCOCC1CC1)NC1CN(C(C)C)CC1C.I. The van der Waals surface area contributed by atoms with E-state index in [1.165, 1.54) is 19.4 Å². The number of aliphatic imine (C=N–C) groups is 1. The minimum Gasteiger partial charge on any atom is -0.381 e. The lowest BCUT2D eigenvalue weighted by Gasteiger charge is -2.21. The Balaban J connectivity index is 0.00000288. The first-order chi connectivity index (χ1) is 11.1. The first kappa shape index (κ1) is 22.0. The number of halogens is 1. The molecule has 0 amide bonds. The van der Waals surface area contributed by atoms with Gasteiger partial charge in [-0.1, -0.05) is 6.92 Å². The Morgan fingerprint density at radius 1 is 1.29 bits per heavy atom. The van der Waals surface area contributed by atoms with Crippen LogP contribution in [0.4, 0.5) is 0 Å². The highest BCUT2D eigenvalue weighted by Crippen LogP contribution is 2.28. The molecule has 0 spiro atoms. The van der Waals surface area contributed by atoms with Crippen LogP contribution in [0.5, 0.6) is 0 Å². The second-order valence-corrected chi connectivity index (χ2v) is 7.41. The van der Waals surface area contributed by atoms with Gasteiger partial charge in [-0.25, -0.2) is 0 Å². The van der Waals surface area contributed by atoms with Gasteiger partial charge in [0.2, 0.25) is 0 Å². The maximum atomic E-state index is 5.67. The summed E-state index contributed by atoms with van der Waals surface area (Å²) in [5, 5.41) is 7.00. The largest absolute Gasteiger partial charge is 0.381 e. The molecule has 0 aromatic rings. The van der Waals surface area contributed by atoms with Crippen molar-refractivity contribution >= 4 is 29.9 Å². The maximum absolute atomic E-state index is 5.67. The number of hydrogen-bond donors (Lipinski definition) is 2. The maximum Gasteiger partial charge on any atom is 0.191 e. The topological polar surface area (TPSA) is 48.9 Å². The minimum atomic E-state index is 0. The molecule has 2 fully saturated rings. The molecule has 1 saturated heterocycles. The first-order valence-corrected chi connectivity index (χ1v) is 9.46. The highest BCUT2D eigenvalue weighted by Gasteiger charge is 2.31. The molecular formula is C18H37IN4O. The van der Waals surface area contributed by atoms with Crippen LogP contribution in [0.25, 0.3) is 0 Å². The average Bonchev–Trinajstić information content (AvgIpc) is 3.26. The minimum absolute atomic E-state index is 0. The molecule has 0 radical (unpaired) electrons. The predicted octanol–water partition coefficient (Wildman–Crippen LogP) is 2.70. The molecule has 0 bridgehead atoms. The van der Waals surface area contributed by atoms with Gasteiger partial charge in [-0.3, -0.25) is 9.89 Å². The van der Waals surface area contributed by atoms with Crippen molar-refractivity contribution in [1.82, 2.24) is 15.5 Å². The summed E-state index contributed by atoms with van der Waals surface area (Å²) < 4.78 is 5.67. The van der Waals surface area contributed by atoms with Crippen molar-refractivity contribution in [2.24, 2.45) is 16.8 Å². The standard InChI is InChI=1S/C18H36N4O.HI/c1-5-19-18(20-9-6-10-23-13-16-7-8-16)21-17-12-22(14(2)3)11-15(17)4;/h14-17H,5-13H2,1-4H3,(H2,19,20,21);1H. The number of nitrogens with one attached hydrogen (secondary N) is 2. The zero-order valence-electron chi connectivity index (χ0n) is 15.9. The zero-order valence-corrected chi connectivity index (χ0v) is 18.2. The normalized spacial score (nSPS) is 25.0. The lowest BCUT2D eigenvalue weighted by atomic mass is 10.1. The van der Waals surface area contributed by atoms with Crippen LogP contribution in [-0.2, 0) is 4.74 Å². The van der Waals surface area contributed by atoms with Crippen LogP contribution in [-0.4, -0.2) is 62.3 Å². The van der Waals surface area contributed by atoms with E-state index in [9.17, 15) is 0 Å². The lowest BCUT2D eigenvalue weighted by molar-refractivity contribution is 0.123. The molecule has 0 aromatic carbocycles. The number of guanidine groups is 1. The third kappa shape index (κ3) is 7.87. The van der Waals surface area contributed by atoms with Crippen molar-refractivity contribution in [3.63, 3.8) is 0 Å². The quantitative estimate of drug-likeness (QED) is 0.245. The summed E-state index contributed by atoms with van der Waals surface area (Å²) in [5.74, 6) is 2.46. The van der Waals surface area contributed by atoms with Gasteiger partial charge in [0.25, 0.3) is 0 Å². The average molecular weight is 452 g/mol. The summed E-state index contributed by atoms with van der Waals surface area (Å²) in [6.07, 6.45) is 3.72. The van der Waals surface area contributed by atoms with E-state index in [0.717, 1.165) is 51.1 Å². The van der Waals surface area contributed by atoms with Gasteiger partial charge >= 0.3 is 0 Å². The Kier molecular flexibility index (Phi) is 10.5. The lowest BCUT2D eigenvalue weighted by Crippen LogP contribution is -2.46. The number of rotatable bonds is 9. The van der Waals surface area contributed by atoms with E-state index in [2.05, 4.69) is 43.2 Å². The molecule has 1 saturated carbocycles. The van der Waals surface area contributed by atoms with Crippen LogP contribution in [0.1, 0.15) is 47.0 Å². The van der Waals surface area contributed by atoms with Crippen molar-refractivity contribution in [3.8, 4) is 0 Å². The van der Waals surface area contributed by atoms with Crippen molar-refractivity contribution < 1.29 is 4.74 Å². The zero-order chi connectivity index (χ0) is 16.7. The van der Waals surface area contributed by atoms with E-state index in [0.29, 0.717) is 18.0 Å². The fourth-order valence-corrected chi connectivity index (χ4v) is 3.00. The predicted molar refractivity (Wildman–Crippen MR) is 112 cm³/mol. The van der Waals surface area contributed by atoms with E-state index >= 15 is 0 Å². The summed E-state index contributed by atoms with van der Waals surface area (Å²) in [6, 6.07) is 1.11. The molecule has 2 N–H and O–H groups in total. The summed E-state index contributed by atoms with van der Waals surface area (Å²) in [4.78, 5) is 7.25. The van der Waals surface area contributed by atoms with Gasteiger partial charge in [-0.15, -0.1) is 24.0 Å². The molecule has 6 heteroatoms. The monoisotopic (exact) mass is 452 g/mol.